The average molecular weight is 412 g/mol. The van der Waals surface area contributed by atoms with Crippen molar-refractivity contribution in [3.63, 3.8) is 0 Å². The maximum atomic E-state index is 12.8. The summed E-state index contributed by atoms with van der Waals surface area (Å²) in [6.45, 7) is 5.71. The number of nitrogens with one attached hydrogen (secondary N) is 1. The third kappa shape index (κ3) is 3.68. The quantitative estimate of drug-likeness (QED) is 0.790. The van der Waals surface area contributed by atoms with Gasteiger partial charge in [0.25, 0.3) is 5.91 Å². The Morgan fingerprint density at radius 3 is 2.64 bits per heavy atom. The van der Waals surface area contributed by atoms with Crippen LogP contribution in [0.25, 0.3) is 0 Å². The molecule has 8 nitrogen and oxygen atoms in total. The number of aryl methyl sites for hydroxylation is 1. The van der Waals surface area contributed by atoms with E-state index in [-0.39, 0.29) is 41.3 Å². The fourth-order valence-corrected chi connectivity index (χ4v) is 6.65. The van der Waals surface area contributed by atoms with Gasteiger partial charge in [-0.05, 0) is 46.0 Å². The highest BCUT2D eigenvalue weighted by Crippen LogP contribution is 2.50. The molecule has 28 heavy (non-hydrogen) atoms. The summed E-state index contributed by atoms with van der Waals surface area (Å²) in [7, 11) is -1.51. The summed E-state index contributed by atoms with van der Waals surface area (Å²) < 4.78 is 29.5. The van der Waals surface area contributed by atoms with Gasteiger partial charge in [-0.3, -0.25) is 9.59 Å². The Morgan fingerprint density at radius 1 is 1.39 bits per heavy atom. The van der Waals surface area contributed by atoms with Gasteiger partial charge in [-0.1, -0.05) is 12.1 Å². The van der Waals surface area contributed by atoms with Gasteiger partial charge in [0.2, 0.25) is 5.91 Å². The molecular formula is C19H29N3O5S. The van der Waals surface area contributed by atoms with Crippen LogP contribution in [-0.4, -0.2) is 59.9 Å². The van der Waals surface area contributed by atoms with Crippen LogP contribution in [0.15, 0.2) is 10.6 Å². The van der Waals surface area contributed by atoms with E-state index in [0.717, 1.165) is 6.42 Å². The van der Waals surface area contributed by atoms with Gasteiger partial charge in [-0.25, -0.2) is 8.42 Å². The Balaban J connectivity index is 1.66. The van der Waals surface area contributed by atoms with E-state index in [9.17, 15) is 18.0 Å². The zero-order chi connectivity index (χ0) is 20.7. The molecule has 0 bridgehead atoms. The fourth-order valence-electron chi connectivity index (χ4n) is 4.26. The highest BCUT2D eigenvalue weighted by Gasteiger charge is 2.58. The smallest absolute Gasteiger partial charge is 0.273 e. The van der Waals surface area contributed by atoms with Crippen molar-refractivity contribution in [3.8, 4) is 0 Å². The lowest BCUT2D eigenvalue weighted by Gasteiger charge is -2.51. The molecule has 156 valence electrons. The minimum absolute atomic E-state index is 0.0133. The largest absolute Gasteiger partial charge is 0.361 e. The Bertz CT molecular complexity index is 857. The molecule has 1 aromatic heterocycles. The van der Waals surface area contributed by atoms with Crippen molar-refractivity contribution in [1.82, 2.24) is 15.4 Å². The second kappa shape index (κ2) is 7.50. The number of rotatable bonds is 5. The summed E-state index contributed by atoms with van der Waals surface area (Å²) in [6, 6.07) is 1.43. The first kappa shape index (κ1) is 20.8. The molecule has 1 saturated carbocycles. The first-order valence-corrected chi connectivity index (χ1v) is 11.5. The van der Waals surface area contributed by atoms with Crippen LogP contribution in [0.2, 0.25) is 0 Å². The van der Waals surface area contributed by atoms with Crippen molar-refractivity contribution in [2.24, 2.45) is 5.92 Å². The highest BCUT2D eigenvalue weighted by atomic mass is 32.2. The van der Waals surface area contributed by atoms with E-state index in [1.165, 1.54) is 0 Å². The molecule has 2 atom stereocenters. The van der Waals surface area contributed by atoms with Crippen molar-refractivity contribution >= 4 is 21.7 Å². The van der Waals surface area contributed by atoms with E-state index in [1.54, 1.807) is 24.9 Å². The van der Waals surface area contributed by atoms with E-state index >= 15 is 0 Å². The number of sulfone groups is 1. The van der Waals surface area contributed by atoms with Crippen molar-refractivity contribution in [1.29, 1.82) is 0 Å². The summed E-state index contributed by atoms with van der Waals surface area (Å²) in [6.07, 6.45) is 2.25. The maximum absolute atomic E-state index is 12.8. The number of amides is 2. The molecule has 2 aliphatic rings. The van der Waals surface area contributed by atoms with Gasteiger partial charge in [0, 0.05) is 31.1 Å². The normalized spacial score (nSPS) is 29.7. The predicted octanol–water partition coefficient (Wildman–Crippen LogP) is 1.70. The lowest BCUT2D eigenvalue weighted by atomic mass is 9.69. The number of aromatic nitrogens is 1. The van der Waals surface area contributed by atoms with E-state index in [2.05, 4.69) is 10.5 Å². The van der Waals surface area contributed by atoms with E-state index in [0.29, 0.717) is 31.4 Å². The Kier molecular flexibility index (Phi) is 5.58. The SMILES string of the molecule is CCC(C)N(C)C(=O)C1CC2(CC(NC(=O)c3cc(C)on3)CCS2(=O)=O)C1. The van der Waals surface area contributed by atoms with Crippen LogP contribution in [0.3, 0.4) is 0 Å². The second-order valence-corrected chi connectivity index (χ2v) is 10.8. The Morgan fingerprint density at radius 2 is 2.07 bits per heavy atom. The van der Waals surface area contributed by atoms with E-state index < -0.39 is 14.6 Å². The minimum atomic E-state index is -3.29. The van der Waals surface area contributed by atoms with Crippen LogP contribution in [-0.2, 0) is 14.6 Å². The lowest BCUT2D eigenvalue weighted by molar-refractivity contribution is -0.140. The van der Waals surface area contributed by atoms with Crippen LogP contribution in [0.1, 0.15) is 62.2 Å². The summed E-state index contributed by atoms with van der Waals surface area (Å²) >= 11 is 0. The molecule has 9 heteroatoms. The van der Waals surface area contributed by atoms with Crippen LogP contribution in [0.4, 0.5) is 0 Å². The molecular weight excluding hydrogens is 382 g/mol. The fraction of sp³-hybridized carbons (Fsp3) is 0.737. The number of carbonyl (C=O) groups excluding carboxylic acids is 2. The van der Waals surface area contributed by atoms with Crippen molar-refractivity contribution in [3.05, 3.63) is 17.5 Å². The zero-order valence-electron chi connectivity index (χ0n) is 16.9. The average Bonchev–Trinajstić information content (AvgIpc) is 3.06. The zero-order valence-corrected chi connectivity index (χ0v) is 17.7. The molecule has 0 aromatic carbocycles. The topological polar surface area (TPSA) is 110 Å². The molecule has 1 aliphatic carbocycles. The summed E-state index contributed by atoms with van der Waals surface area (Å²) in [5.41, 5.74) is 0.192. The van der Waals surface area contributed by atoms with Gasteiger partial charge in [0.1, 0.15) is 5.76 Å². The molecule has 0 radical (unpaired) electrons. The minimum Gasteiger partial charge on any atom is -0.361 e. The summed E-state index contributed by atoms with van der Waals surface area (Å²) in [5.74, 6) is -0.0445. The van der Waals surface area contributed by atoms with Crippen LogP contribution >= 0.6 is 0 Å². The molecule has 2 unspecified atom stereocenters. The van der Waals surface area contributed by atoms with Gasteiger partial charge in [-0.15, -0.1) is 0 Å². The molecule has 2 fully saturated rings. The monoisotopic (exact) mass is 411 g/mol. The van der Waals surface area contributed by atoms with Crippen molar-refractivity contribution in [2.45, 2.75) is 69.7 Å². The first-order valence-electron chi connectivity index (χ1n) is 9.81. The molecule has 1 spiro atoms. The van der Waals surface area contributed by atoms with Crippen LogP contribution in [0.5, 0.6) is 0 Å². The number of carbonyl (C=O) groups is 2. The predicted molar refractivity (Wildman–Crippen MR) is 103 cm³/mol. The maximum Gasteiger partial charge on any atom is 0.273 e. The highest BCUT2D eigenvalue weighted by molar-refractivity contribution is 7.92. The first-order chi connectivity index (χ1) is 13.1. The van der Waals surface area contributed by atoms with E-state index in [1.807, 2.05) is 13.8 Å². The van der Waals surface area contributed by atoms with E-state index in [4.69, 9.17) is 4.52 Å². The third-order valence-corrected chi connectivity index (χ3v) is 8.99. The lowest BCUT2D eigenvalue weighted by Crippen LogP contribution is -2.61. The second-order valence-electron chi connectivity index (χ2n) is 8.30. The summed E-state index contributed by atoms with van der Waals surface area (Å²) in [4.78, 5) is 26.7. The molecule has 1 saturated heterocycles. The number of hydrogen-bond acceptors (Lipinski definition) is 6. The van der Waals surface area contributed by atoms with Crippen LogP contribution in [0, 0.1) is 12.8 Å². The van der Waals surface area contributed by atoms with Gasteiger partial charge in [0.15, 0.2) is 15.5 Å². The molecule has 1 aliphatic heterocycles. The molecule has 2 heterocycles. The van der Waals surface area contributed by atoms with Gasteiger partial charge >= 0.3 is 0 Å². The summed E-state index contributed by atoms with van der Waals surface area (Å²) in [5, 5.41) is 6.59. The van der Waals surface area contributed by atoms with Gasteiger partial charge in [-0.2, -0.15) is 0 Å². The number of hydrogen-bond donors (Lipinski definition) is 1. The standard InChI is InChI=1S/C19H29N3O5S/c1-5-12(2)22(4)18(24)14-9-19(10-14)11-15(6-7-28(19,25)26)20-17(23)16-8-13(3)27-21-16/h8,12,14-15H,5-7,9-11H2,1-4H3,(H,20,23). The van der Waals surface area contributed by atoms with Gasteiger partial charge < -0.3 is 14.7 Å². The number of nitrogens with zero attached hydrogens (tertiary/aromatic N) is 2. The molecule has 3 rings (SSSR count). The molecule has 1 N–H and O–H groups in total. The van der Waals surface area contributed by atoms with Crippen molar-refractivity contribution in [2.75, 3.05) is 12.8 Å². The molecule has 2 amide bonds. The third-order valence-electron chi connectivity index (χ3n) is 6.39. The molecule has 1 aromatic rings. The van der Waals surface area contributed by atoms with Crippen molar-refractivity contribution < 1.29 is 22.5 Å². The van der Waals surface area contributed by atoms with Crippen LogP contribution < -0.4 is 5.32 Å². The Hall–Kier alpha value is -1.90. The van der Waals surface area contributed by atoms with Gasteiger partial charge in [0.05, 0.1) is 10.5 Å². The Labute approximate surface area is 165 Å².